The lowest BCUT2D eigenvalue weighted by Crippen LogP contribution is -2.68. The fraction of sp³-hybridized carbons (Fsp3) is 0.455. The Morgan fingerprint density at radius 2 is 2.02 bits per heavy atom. The number of methoxy groups -OCH3 is 1. The lowest BCUT2D eigenvalue weighted by Gasteiger charge is -2.59. The lowest BCUT2D eigenvalue weighted by molar-refractivity contribution is -0.985. The number of nitrogens with zero attached hydrogens (tertiary/aromatic N) is 3. The number of rotatable bonds is 7. The van der Waals surface area contributed by atoms with Gasteiger partial charge in [-0.1, -0.05) is 18.2 Å². The van der Waals surface area contributed by atoms with Crippen LogP contribution in [0.1, 0.15) is 62.7 Å². The van der Waals surface area contributed by atoms with Crippen molar-refractivity contribution < 1.29 is 28.4 Å². The first-order chi connectivity index (χ1) is 20.1. The topological polar surface area (TPSA) is 101 Å². The fourth-order valence-corrected chi connectivity index (χ4v) is 7.39. The number of carbonyl (C=O) groups excluding carboxylic acids is 1. The Kier molecular flexibility index (Phi) is 7.06. The molecule has 3 aromatic rings. The van der Waals surface area contributed by atoms with Crippen LogP contribution in [0.15, 0.2) is 61.3 Å². The Hall–Kier alpha value is -3.82. The number of carbonyl (C=O) groups is 1. The third-order valence-corrected chi connectivity index (χ3v) is 9.50. The molecule has 3 saturated heterocycles. The summed E-state index contributed by atoms with van der Waals surface area (Å²) in [7, 11) is 1.59. The molecule has 0 N–H and O–H groups in total. The summed E-state index contributed by atoms with van der Waals surface area (Å²) in [6, 6.07) is 12.7. The molecule has 0 radical (unpaired) electrons. The zero-order valence-electron chi connectivity index (χ0n) is 24.6. The number of aromatic nitrogens is 1. The Morgan fingerprint density at radius 1 is 1.24 bits per heavy atom. The number of hydrogen-bond donors (Lipinski definition) is 0. The average molecular weight is 573 g/mol. The van der Waals surface area contributed by atoms with E-state index in [9.17, 15) is 14.9 Å². The minimum atomic E-state index is -0.986. The van der Waals surface area contributed by atoms with Crippen molar-refractivity contribution in [3.8, 4) is 5.75 Å². The van der Waals surface area contributed by atoms with Crippen LogP contribution >= 0.6 is 0 Å². The number of benzene rings is 2. The molecule has 4 aliphatic rings. The number of quaternary nitrogens is 1. The van der Waals surface area contributed by atoms with Crippen molar-refractivity contribution in [1.82, 2.24) is 4.98 Å². The molecule has 5 heterocycles. The van der Waals surface area contributed by atoms with E-state index < -0.39 is 17.8 Å². The van der Waals surface area contributed by atoms with Crippen LogP contribution < -0.4 is 4.74 Å². The minimum Gasteiger partial charge on any atom is -0.496 e. The molecule has 0 amide bonds. The van der Waals surface area contributed by atoms with Crippen molar-refractivity contribution in [3.05, 3.63) is 88.1 Å². The summed E-state index contributed by atoms with van der Waals surface area (Å²) >= 11 is 0. The second kappa shape index (κ2) is 10.5. The molecule has 3 fully saturated rings. The van der Waals surface area contributed by atoms with Gasteiger partial charge < -0.3 is 18.7 Å². The highest BCUT2D eigenvalue weighted by atomic mass is 16.7. The molecule has 0 saturated carbocycles. The molecule has 7 rings (SSSR count). The molecule has 9 heteroatoms. The summed E-state index contributed by atoms with van der Waals surface area (Å²) in [5, 5.41) is 12.9. The van der Waals surface area contributed by atoms with Crippen LogP contribution in [-0.4, -0.2) is 46.6 Å². The largest absolute Gasteiger partial charge is 0.496 e. The number of nitro benzene ring substituents is 1. The summed E-state index contributed by atoms with van der Waals surface area (Å²) in [4.78, 5) is 29.6. The second-order valence-electron chi connectivity index (χ2n) is 12.9. The van der Waals surface area contributed by atoms with Gasteiger partial charge in [-0.3, -0.25) is 19.9 Å². The number of hydrogen-bond acceptors (Lipinski definition) is 7. The van der Waals surface area contributed by atoms with Gasteiger partial charge in [0.2, 0.25) is 6.29 Å². The maximum absolute atomic E-state index is 13.2. The van der Waals surface area contributed by atoms with Gasteiger partial charge in [0.25, 0.3) is 5.69 Å². The van der Waals surface area contributed by atoms with E-state index in [-0.39, 0.29) is 22.6 Å². The third kappa shape index (κ3) is 4.65. The lowest BCUT2D eigenvalue weighted by atomic mass is 9.70. The van der Waals surface area contributed by atoms with Crippen LogP contribution in [0.3, 0.4) is 0 Å². The predicted octanol–water partition coefficient (Wildman–Crippen LogP) is 6.42. The maximum Gasteiger partial charge on any atom is 0.313 e. The molecule has 5 unspecified atom stereocenters. The molecular formula is C33H38N3O6+. The summed E-state index contributed by atoms with van der Waals surface area (Å²) in [5.74, 6) is 0.934. The van der Waals surface area contributed by atoms with Gasteiger partial charge in [0, 0.05) is 36.4 Å². The van der Waals surface area contributed by atoms with Gasteiger partial charge in [-0.25, -0.2) is 0 Å². The Morgan fingerprint density at radius 3 is 2.74 bits per heavy atom. The molecule has 2 bridgehead atoms. The first-order valence-corrected chi connectivity index (χ1v) is 14.6. The number of ether oxygens (including phenoxy) is 3. The summed E-state index contributed by atoms with van der Waals surface area (Å²) in [6.07, 6.45) is 4.31. The normalized spacial score (nSPS) is 28.3. The van der Waals surface area contributed by atoms with E-state index >= 15 is 0 Å². The van der Waals surface area contributed by atoms with Crippen LogP contribution in [0.25, 0.3) is 10.9 Å². The molecule has 0 spiro atoms. The monoisotopic (exact) mass is 572 g/mol. The summed E-state index contributed by atoms with van der Waals surface area (Å²) in [6.45, 7) is 11.8. The number of esters is 1. The van der Waals surface area contributed by atoms with Gasteiger partial charge in [-0.15, -0.1) is 6.58 Å². The number of para-hydroxylation sites is 1. The first-order valence-electron chi connectivity index (χ1n) is 14.6. The fourth-order valence-electron chi connectivity index (χ4n) is 7.39. The zero-order chi connectivity index (χ0) is 29.8. The average Bonchev–Trinajstić information content (AvgIpc) is 2.98. The highest BCUT2D eigenvalue weighted by Gasteiger charge is 2.56. The van der Waals surface area contributed by atoms with E-state index in [2.05, 4.69) is 11.6 Å². The minimum absolute atomic E-state index is 0.0273. The van der Waals surface area contributed by atoms with Crippen molar-refractivity contribution >= 4 is 22.6 Å². The maximum atomic E-state index is 13.2. The van der Waals surface area contributed by atoms with Crippen molar-refractivity contribution in [2.75, 3.05) is 20.2 Å². The molecule has 42 heavy (non-hydrogen) atoms. The van der Waals surface area contributed by atoms with Crippen molar-refractivity contribution in [1.29, 1.82) is 0 Å². The molecule has 1 aromatic heterocycles. The van der Waals surface area contributed by atoms with Gasteiger partial charge in [0.05, 0.1) is 47.2 Å². The van der Waals surface area contributed by atoms with Crippen LogP contribution in [0.2, 0.25) is 0 Å². The standard InChI is InChI=1S/C33H38N3O6/c1-6-20-18-36(19-22-9-7-8-10-25(22)35(38)39)16-14-21(20)17-26(36)30-23-13-15-34-24-11-12-27(40-5)29(28(23)24)31(41-30)42-32(37)33(2,3)4/h6-13,15,20-21,26,30-31H,1,14,16-19H2,2-5H3/q+1/t20?,21?,26?,30-,31?,36?/m1/s1. The molecule has 6 atom stereocenters. The zero-order valence-corrected chi connectivity index (χ0v) is 24.6. The van der Waals surface area contributed by atoms with Gasteiger partial charge >= 0.3 is 5.97 Å². The SMILES string of the molecule is C=CC1C[N+]2(Cc3ccccc3[N+](=O)[O-])CCC1CC2[C@@H]1OC(OC(=O)C(C)(C)C)c2c(OC)ccc3nccc1c23. The van der Waals surface area contributed by atoms with Crippen molar-refractivity contribution in [2.45, 2.75) is 58.6 Å². The number of piperidine rings is 3. The molecule has 4 aliphatic heterocycles. The molecule has 0 aliphatic carbocycles. The van der Waals surface area contributed by atoms with E-state index in [4.69, 9.17) is 14.2 Å². The highest BCUT2D eigenvalue weighted by molar-refractivity contribution is 5.89. The van der Waals surface area contributed by atoms with Crippen LogP contribution in [0.4, 0.5) is 5.69 Å². The van der Waals surface area contributed by atoms with Crippen molar-refractivity contribution in [2.24, 2.45) is 17.3 Å². The van der Waals surface area contributed by atoms with Gasteiger partial charge in [-0.2, -0.15) is 0 Å². The smallest absolute Gasteiger partial charge is 0.313 e. The van der Waals surface area contributed by atoms with Crippen LogP contribution in [-0.2, 0) is 20.8 Å². The van der Waals surface area contributed by atoms with Crippen LogP contribution in [0, 0.1) is 27.4 Å². The summed E-state index contributed by atoms with van der Waals surface area (Å²) < 4.78 is 19.4. The molecular weight excluding hydrogens is 534 g/mol. The van der Waals surface area contributed by atoms with E-state index in [0.717, 1.165) is 42.4 Å². The molecule has 2 aromatic carbocycles. The number of pyridine rings is 1. The van der Waals surface area contributed by atoms with E-state index in [1.54, 1.807) is 25.4 Å². The van der Waals surface area contributed by atoms with Crippen LogP contribution in [0.5, 0.6) is 5.75 Å². The van der Waals surface area contributed by atoms with Crippen molar-refractivity contribution in [3.63, 3.8) is 0 Å². The predicted molar refractivity (Wildman–Crippen MR) is 157 cm³/mol. The highest BCUT2D eigenvalue weighted by Crippen LogP contribution is 2.54. The Bertz CT molecular complexity index is 1570. The summed E-state index contributed by atoms with van der Waals surface area (Å²) in [5.41, 5.74) is 2.53. The number of fused-ring (bicyclic) bond motifs is 3. The van der Waals surface area contributed by atoms with E-state index in [1.165, 1.54) is 0 Å². The van der Waals surface area contributed by atoms with E-state index in [1.807, 2.05) is 57.2 Å². The van der Waals surface area contributed by atoms with Gasteiger partial charge in [-0.05, 0) is 56.5 Å². The Balaban J connectivity index is 1.50. The van der Waals surface area contributed by atoms with E-state index in [0.29, 0.717) is 39.7 Å². The van der Waals surface area contributed by atoms with Gasteiger partial charge in [0.1, 0.15) is 24.4 Å². The second-order valence-corrected chi connectivity index (χ2v) is 12.9. The first kappa shape index (κ1) is 28.3. The molecule has 9 nitrogen and oxygen atoms in total. The number of nitro groups is 1. The third-order valence-electron chi connectivity index (χ3n) is 9.50. The molecule has 220 valence electrons. The quantitative estimate of drug-likeness (QED) is 0.106. The Labute approximate surface area is 245 Å². The van der Waals surface area contributed by atoms with Gasteiger partial charge in [0.15, 0.2) is 0 Å².